The van der Waals surface area contributed by atoms with Crippen LogP contribution in [0.4, 0.5) is 0 Å². The quantitative estimate of drug-likeness (QED) is 0.718. The molecule has 0 bridgehead atoms. The van der Waals surface area contributed by atoms with Gasteiger partial charge < -0.3 is 5.32 Å². The lowest BCUT2D eigenvalue weighted by molar-refractivity contribution is 0.929. The Morgan fingerprint density at radius 1 is 1.50 bits per heavy atom. The molecule has 0 atom stereocenters. The van der Waals surface area contributed by atoms with Gasteiger partial charge >= 0.3 is 0 Å². The molecule has 1 aliphatic carbocycles. The fraction of sp³-hybridized carbons (Fsp3) is 0.400. The molecule has 66 valence electrons. The number of hydrogen-bond acceptors (Lipinski definition) is 2. The van der Waals surface area contributed by atoms with Crippen molar-refractivity contribution in [1.82, 2.24) is 5.32 Å². The summed E-state index contributed by atoms with van der Waals surface area (Å²) in [6, 6.07) is 0. The number of nitrogens with one attached hydrogen (secondary N) is 1. The molecule has 0 radical (unpaired) electrons. The Hall–Kier alpha value is -0.630. The second kappa shape index (κ2) is 4.41. The van der Waals surface area contributed by atoms with Gasteiger partial charge in [0.15, 0.2) is 0 Å². The first-order chi connectivity index (χ1) is 5.74. The van der Waals surface area contributed by atoms with Crippen LogP contribution < -0.4 is 5.32 Å². The number of rotatable bonds is 3. The van der Waals surface area contributed by atoms with Gasteiger partial charge in [-0.15, -0.1) is 11.8 Å². The lowest BCUT2D eigenvalue weighted by Crippen LogP contribution is -2.12. The summed E-state index contributed by atoms with van der Waals surface area (Å²) in [5, 5.41) is 3.26. The molecule has 1 rings (SSSR count). The molecule has 0 unspecified atom stereocenters. The van der Waals surface area contributed by atoms with Gasteiger partial charge in [0.25, 0.3) is 0 Å². The molecule has 0 heterocycles. The zero-order chi connectivity index (χ0) is 8.97. The molecule has 0 fully saturated rings. The van der Waals surface area contributed by atoms with Gasteiger partial charge in [0.05, 0.1) is 0 Å². The monoisotopic (exact) mass is 181 g/mol. The van der Waals surface area contributed by atoms with Crippen LogP contribution in [0.15, 0.2) is 35.0 Å². The topological polar surface area (TPSA) is 12.0 Å². The van der Waals surface area contributed by atoms with Crippen LogP contribution in [0.3, 0.4) is 0 Å². The van der Waals surface area contributed by atoms with Crippen molar-refractivity contribution < 1.29 is 0 Å². The van der Waals surface area contributed by atoms with Crippen LogP contribution in [-0.4, -0.2) is 6.26 Å². The maximum Gasteiger partial charge on any atom is 0.0475 e. The van der Waals surface area contributed by atoms with E-state index < -0.39 is 0 Å². The van der Waals surface area contributed by atoms with Gasteiger partial charge in [-0.25, -0.2) is 0 Å². The van der Waals surface area contributed by atoms with Crippen molar-refractivity contribution in [3.8, 4) is 0 Å². The van der Waals surface area contributed by atoms with E-state index in [4.69, 9.17) is 0 Å². The highest BCUT2D eigenvalue weighted by Gasteiger charge is 2.06. The van der Waals surface area contributed by atoms with E-state index in [2.05, 4.69) is 30.3 Å². The molecule has 0 saturated carbocycles. The molecule has 1 nitrogen and oxygen atoms in total. The van der Waals surface area contributed by atoms with Gasteiger partial charge in [0, 0.05) is 16.3 Å². The Morgan fingerprint density at radius 2 is 2.17 bits per heavy atom. The molecule has 0 spiro atoms. The zero-order valence-electron chi connectivity index (χ0n) is 7.68. The molecule has 0 saturated heterocycles. The highest BCUT2D eigenvalue weighted by atomic mass is 32.2. The summed E-state index contributed by atoms with van der Waals surface area (Å²) in [6.07, 6.45) is 8.92. The molecule has 12 heavy (non-hydrogen) atoms. The largest absolute Gasteiger partial charge is 0.359 e. The molecule has 0 amide bonds. The summed E-state index contributed by atoms with van der Waals surface area (Å²) in [5.74, 6) is 0. The van der Waals surface area contributed by atoms with Crippen LogP contribution in [-0.2, 0) is 0 Å². The number of allylic oxidation sites excluding steroid dienone is 3. The second-order valence-corrected chi connectivity index (χ2v) is 3.72. The number of hydrogen-bond donors (Lipinski definition) is 1. The first-order valence-electron chi connectivity index (χ1n) is 4.11. The third kappa shape index (κ3) is 2.45. The van der Waals surface area contributed by atoms with Crippen LogP contribution in [0.1, 0.15) is 19.8 Å². The van der Waals surface area contributed by atoms with E-state index >= 15 is 0 Å². The zero-order valence-corrected chi connectivity index (χ0v) is 8.50. The highest BCUT2D eigenvalue weighted by Crippen LogP contribution is 2.25. The molecular formula is C10H15NS. The summed E-state index contributed by atoms with van der Waals surface area (Å²) in [7, 11) is 0. The van der Waals surface area contributed by atoms with E-state index in [1.807, 2.05) is 6.92 Å². The Labute approximate surface area is 78.6 Å². The average molecular weight is 181 g/mol. The van der Waals surface area contributed by atoms with E-state index in [1.54, 1.807) is 11.8 Å². The first kappa shape index (κ1) is 9.46. The van der Waals surface area contributed by atoms with E-state index in [0.717, 1.165) is 18.5 Å². The van der Waals surface area contributed by atoms with E-state index in [9.17, 15) is 0 Å². The predicted octanol–water partition coefficient (Wildman–Crippen LogP) is 3.03. The fourth-order valence-electron chi connectivity index (χ4n) is 1.19. The Morgan fingerprint density at radius 3 is 2.75 bits per heavy atom. The van der Waals surface area contributed by atoms with E-state index in [0.29, 0.717) is 0 Å². The minimum atomic E-state index is 1.00. The van der Waals surface area contributed by atoms with Crippen molar-refractivity contribution in [2.45, 2.75) is 19.8 Å². The summed E-state index contributed by atoms with van der Waals surface area (Å²) in [4.78, 5) is 1.34. The predicted molar refractivity (Wildman–Crippen MR) is 56.9 cm³/mol. The minimum absolute atomic E-state index is 1.00. The normalized spacial score (nSPS) is 16.5. The third-order valence-corrected chi connectivity index (χ3v) is 2.50. The molecule has 0 aliphatic heterocycles. The standard InChI is InChI=1S/C10H15NS/c1-8(2)11-9-6-4-5-7-10(9)12-3/h6-7,11H,1,4-5H2,2-3H3. The van der Waals surface area contributed by atoms with Gasteiger partial charge in [-0.1, -0.05) is 18.7 Å². The number of thioether (sulfide) groups is 1. The molecule has 2 heteroatoms. The van der Waals surface area contributed by atoms with Gasteiger partial charge in [-0.2, -0.15) is 0 Å². The molecule has 1 aliphatic rings. The maximum absolute atomic E-state index is 3.83. The minimum Gasteiger partial charge on any atom is -0.359 e. The maximum atomic E-state index is 3.83. The van der Waals surface area contributed by atoms with Crippen molar-refractivity contribution >= 4 is 11.8 Å². The van der Waals surface area contributed by atoms with Gasteiger partial charge in [0.1, 0.15) is 0 Å². The molecule has 0 aromatic rings. The summed E-state index contributed by atoms with van der Waals surface area (Å²) < 4.78 is 0. The summed E-state index contributed by atoms with van der Waals surface area (Å²) in [6.45, 7) is 5.81. The summed E-state index contributed by atoms with van der Waals surface area (Å²) >= 11 is 1.79. The Kier molecular flexibility index (Phi) is 3.48. The summed E-state index contributed by atoms with van der Waals surface area (Å²) in [5.41, 5.74) is 2.23. The average Bonchev–Trinajstić information content (AvgIpc) is 2.04. The van der Waals surface area contributed by atoms with Crippen LogP contribution >= 0.6 is 11.8 Å². The van der Waals surface area contributed by atoms with Crippen molar-refractivity contribution in [2.75, 3.05) is 6.26 Å². The Bertz CT molecular complexity index is 238. The van der Waals surface area contributed by atoms with E-state index in [1.165, 1.54) is 10.6 Å². The highest BCUT2D eigenvalue weighted by molar-refractivity contribution is 8.02. The first-order valence-corrected chi connectivity index (χ1v) is 5.33. The van der Waals surface area contributed by atoms with Crippen molar-refractivity contribution in [3.05, 3.63) is 35.0 Å². The third-order valence-electron chi connectivity index (χ3n) is 1.68. The van der Waals surface area contributed by atoms with Crippen molar-refractivity contribution in [2.24, 2.45) is 0 Å². The lowest BCUT2D eigenvalue weighted by atomic mass is 10.1. The van der Waals surface area contributed by atoms with Crippen molar-refractivity contribution in [3.63, 3.8) is 0 Å². The lowest BCUT2D eigenvalue weighted by Gasteiger charge is -2.15. The van der Waals surface area contributed by atoms with Crippen LogP contribution in [0, 0.1) is 0 Å². The van der Waals surface area contributed by atoms with Crippen LogP contribution in [0.5, 0.6) is 0 Å². The van der Waals surface area contributed by atoms with Crippen molar-refractivity contribution in [1.29, 1.82) is 0 Å². The van der Waals surface area contributed by atoms with Gasteiger partial charge in [0.2, 0.25) is 0 Å². The van der Waals surface area contributed by atoms with Gasteiger partial charge in [-0.3, -0.25) is 0 Å². The van der Waals surface area contributed by atoms with Crippen LogP contribution in [0.2, 0.25) is 0 Å². The SMILES string of the molecule is C=C(C)NC1=CCCC=C1SC. The smallest absolute Gasteiger partial charge is 0.0475 e. The molecule has 1 N–H and O–H groups in total. The molecular weight excluding hydrogens is 166 g/mol. The van der Waals surface area contributed by atoms with Gasteiger partial charge in [-0.05, 0) is 26.0 Å². The molecule has 0 aromatic heterocycles. The van der Waals surface area contributed by atoms with E-state index in [-0.39, 0.29) is 0 Å². The van der Waals surface area contributed by atoms with Crippen LogP contribution in [0.25, 0.3) is 0 Å². The Balaban J connectivity index is 2.67. The second-order valence-electron chi connectivity index (χ2n) is 2.87. The fourth-order valence-corrected chi connectivity index (χ4v) is 1.83. The molecule has 0 aromatic carbocycles.